The number of aryl methyl sites for hydroxylation is 1. The van der Waals surface area contributed by atoms with Gasteiger partial charge in [0.1, 0.15) is 11.5 Å². The molecular formula is C11H17N3O2. The molecule has 1 aromatic rings. The monoisotopic (exact) mass is 223 g/mol. The van der Waals surface area contributed by atoms with Crippen molar-refractivity contribution in [1.82, 2.24) is 15.5 Å². The molecule has 0 spiro atoms. The minimum absolute atomic E-state index is 0.0593. The molecule has 5 nitrogen and oxygen atoms in total. The Morgan fingerprint density at radius 3 is 2.75 bits per heavy atom. The molecule has 5 heteroatoms. The summed E-state index contributed by atoms with van der Waals surface area (Å²) in [6.07, 6.45) is 1.15. The fourth-order valence-electron chi connectivity index (χ4n) is 1.44. The summed E-state index contributed by atoms with van der Waals surface area (Å²) in [7, 11) is 0. The van der Waals surface area contributed by atoms with E-state index in [1.807, 2.05) is 6.92 Å². The zero-order valence-electron chi connectivity index (χ0n) is 9.83. The molecule has 0 saturated heterocycles. The first kappa shape index (κ1) is 12.4. The number of hydrogen-bond acceptors (Lipinski definition) is 3. The molecule has 1 aromatic heterocycles. The van der Waals surface area contributed by atoms with Crippen LogP contribution in [0.5, 0.6) is 0 Å². The fourth-order valence-corrected chi connectivity index (χ4v) is 1.44. The molecule has 2 N–H and O–H groups in total. The van der Waals surface area contributed by atoms with E-state index in [2.05, 4.69) is 15.5 Å². The molecule has 1 rings (SSSR count). The maximum absolute atomic E-state index is 11.7. The highest BCUT2D eigenvalue weighted by molar-refractivity contribution is 5.92. The number of nitrogens with one attached hydrogen (secondary N) is 2. The third-order valence-corrected chi connectivity index (χ3v) is 2.22. The Kier molecular flexibility index (Phi) is 4.22. The van der Waals surface area contributed by atoms with Gasteiger partial charge in [-0.3, -0.25) is 14.7 Å². The van der Waals surface area contributed by atoms with Crippen LogP contribution in [0.15, 0.2) is 6.07 Å². The Hall–Kier alpha value is -1.65. The number of H-pyrrole nitrogens is 1. The number of amides is 1. The second-order valence-electron chi connectivity index (χ2n) is 3.91. The van der Waals surface area contributed by atoms with E-state index in [4.69, 9.17) is 0 Å². The quantitative estimate of drug-likeness (QED) is 0.784. The van der Waals surface area contributed by atoms with Crippen molar-refractivity contribution in [2.75, 3.05) is 0 Å². The maximum atomic E-state index is 11.7. The normalized spacial score (nSPS) is 12.2. The van der Waals surface area contributed by atoms with E-state index in [1.165, 1.54) is 6.92 Å². The van der Waals surface area contributed by atoms with Crippen LogP contribution in [0, 0.1) is 0 Å². The maximum Gasteiger partial charge on any atom is 0.271 e. The molecule has 0 aliphatic heterocycles. The summed E-state index contributed by atoms with van der Waals surface area (Å²) in [5, 5.41) is 9.39. The topological polar surface area (TPSA) is 74.8 Å². The largest absolute Gasteiger partial charge is 0.348 e. The number of hydrogen-bond donors (Lipinski definition) is 2. The molecular weight excluding hydrogens is 206 g/mol. The van der Waals surface area contributed by atoms with Gasteiger partial charge in [-0.25, -0.2) is 0 Å². The van der Waals surface area contributed by atoms with E-state index in [-0.39, 0.29) is 17.7 Å². The van der Waals surface area contributed by atoms with Gasteiger partial charge in [0.25, 0.3) is 5.91 Å². The standard InChI is InChI=1S/C11H17N3O2/c1-4-9-6-10(14-13-9)11(16)12-7(2)5-8(3)15/h6-7H,4-5H2,1-3H3,(H,12,16)(H,13,14). The van der Waals surface area contributed by atoms with Crippen molar-refractivity contribution in [3.05, 3.63) is 17.5 Å². The summed E-state index contributed by atoms with van der Waals surface area (Å²) in [4.78, 5) is 22.5. The molecule has 0 bridgehead atoms. The zero-order valence-corrected chi connectivity index (χ0v) is 9.83. The van der Waals surface area contributed by atoms with Crippen LogP contribution >= 0.6 is 0 Å². The summed E-state index contributed by atoms with van der Waals surface area (Å²) in [6.45, 7) is 5.28. The summed E-state index contributed by atoms with van der Waals surface area (Å²) in [6, 6.07) is 1.56. The molecule has 0 aromatic carbocycles. The molecule has 0 aliphatic rings. The molecule has 0 aliphatic carbocycles. The van der Waals surface area contributed by atoms with Gasteiger partial charge in [0, 0.05) is 18.2 Å². The highest BCUT2D eigenvalue weighted by atomic mass is 16.2. The number of aromatic nitrogens is 2. The molecule has 88 valence electrons. The third kappa shape index (κ3) is 3.49. The van der Waals surface area contributed by atoms with Gasteiger partial charge in [0.05, 0.1) is 0 Å². The van der Waals surface area contributed by atoms with Crippen LogP contribution in [-0.2, 0) is 11.2 Å². The van der Waals surface area contributed by atoms with Crippen molar-refractivity contribution in [2.24, 2.45) is 0 Å². The Labute approximate surface area is 94.6 Å². The van der Waals surface area contributed by atoms with Gasteiger partial charge < -0.3 is 5.32 Å². The van der Waals surface area contributed by atoms with Crippen molar-refractivity contribution >= 4 is 11.7 Å². The number of carbonyl (C=O) groups excluding carboxylic acids is 2. The molecule has 0 saturated carbocycles. The van der Waals surface area contributed by atoms with Crippen LogP contribution < -0.4 is 5.32 Å². The van der Waals surface area contributed by atoms with Crippen molar-refractivity contribution in [1.29, 1.82) is 0 Å². The smallest absolute Gasteiger partial charge is 0.271 e. The highest BCUT2D eigenvalue weighted by Gasteiger charge is 2.13. The van der Waals surface area contributed by atoms with Gasteiger partial charge in [-0.05, 0) is 26.3 Å². The molecule has 1 amide bonds. The minimum atomic E-state index is -0.246. The van der Waals surface area contributed by atoms with Crippen molar-refractivity contribution < 1.29 is 9.59 Å². The van der Waals surface area contributed by atoms with Crippen molar-refractivity contribution in [2.45, 2.75) is 39.7 Å². The van der Waals surface area contributed by atoms with Gasteiger partial charge >= 0.3 is 0 Å². The fraction of sp³-hybridized carbons (Fsp3) is 0.545. The predicted molar refractivity (Wildman–Crippen MR) is 60.2 cm³/mol. The Morgan fingerprint density at radius 2 is 2.25 bits per heavy atom. The van der Waals surface area contributed by atoms with Crippen LogP contribution in [0.3, 0.4) is 0 Å². The Balaban J connectivity index is 2.54. The number of ketones is 1. The van der Waals surface area contributed by atoms with Gasteiger partial charge in [0.2, 0.25) is 0 Å². The van der Waals surface area contributed by atoms with Crippen LogP contribution in [0.4, 0.5) is 0 Å². The van der Waals surface area contributed by atoms with Crippen molar-refractivity contribution in [3.8, 4) is 0 Å². The summed E-state index contributed by atoms with van der Waals surface area (Å²) in [5.74, 6) is -0.186. The molecule has 0 fully saturated rings. The average Bonchev–Trinajstić information content (AvgIpc) is 2.64. The van der Waals surface area contributed by atoms with Crippen LogP contribution in [-0.4, -0.2) is 27.9 Å². The van der Waals surface area contributed by atoms with Crippen molar-refractivity contribution in [3.63, 3.8) is 0 Å². The third-order valence-electron chi connectivity index (χ3n) is 2.22. The summed E-state index contributed by atoms with van der Waals surface area (Å²) < 4.78 is 0. The molecule has 16 heavy (non-hydrogen) atoms. The number of carbonyl (C=O) groups is 2. The van der Waals surface area contributed by atoms with E-state index in [9.17, 15) is 9.59 Å². The van der Waals surface area contributed by atoms with E-state index < -0.39 is 0 Å². The minimum Gasteiger partial charge on any atom is -0.348 e. The number of nitrogens with zero attached hydrogens (tertiary/aromatic N) is 1. The van der Waals surface area contributed by atoms with Crippen LogP contribution in [0.2, 0.25) is 0 Å². The molecule has 0 radical (unpaired) electrons. The first-order valence-electron chi connectivity index (χ1n) is 5.37. The number of rotatable bonds is 5. The summed E-state index contributed by atoms with van der Waals surface area (Å²) >= 11 is 0. The van der Waals surface area contributed by atoms with E-state index in [0.29, 0.717) is 12.1 Å². The summed E-state index contributed by atoms with van der Waals surface area (Å²) in [5.41, 5.74) is 1.29. The SMILES string of the molecule is CCc1cc(C(=O)NC(C)CC(C)=O)n[nH]1. The lowest BCUT2D eigenvalue weighted by Crippen LogP contribution is -2.34. The Morgan fingerprint density at radius 1 is 1.56 bits per heavy atom. The second-order valence-corrected chi connectivity index (χ2v) is 3.91. The van der Waals surface area contributed by atoms with E-state index in [0.717, 1.165) is 12.1 Å². The molecule has 1 atom stereocenters. The lowest BCUT2D eigenvalue weighted by Gasteiger charge is -2.10. The highest BCUT2D eigenvalue weighted by Crippen LogP contribution is 2.01. The average molecular weight is 223 g/mol. The van der Waals surface area contributed by atoms with Crippen LogP contribution in [0.25, 0.3) is 0 Å². The van der Waals surface area contributed by atoms with E-state index >= 15 is 0 Å². The van der Waals surface area contributed by atoms with E-state index in [1.54, 1.807) is 13.0 Å². The second kappa shape index (κ2) is 5.44. The van der Waals surface area contributed by atoms with Gasteiger partial charge in [-0.2, -0.15) is 5.10 Å². The first-order chi connectivity index (χ1) is 7.52. The lowest BCUT2D eigenvalue weighted by atomic mass is 10.2. The first-order valence-corrected chi connectivity index (χ1v) is 5.37. The zero-order chi connectivity index (χ0) is 12.1. The van der Waals surface area contributed by atoms with Gasteiger partial charge in [-0.1, -0.05) is 6.92 Å². The lowest BCUT2D eigenvalue weighted by molar-refractivity contribution is -0.117. The molecule has 1 heterocycles. The van der Waals surface area contributed by atoms with Gasteiger partial charge in [0.15, 0.2) is 0 Å². The van der Waals surface area contributed by atoms with Crippen LogP contribution in [0.1, 0.15) is 43.4 Å². The number of Topliss-reactive ketones (excluding diaryl/α,β-unsaturated/α-hetero) is 1. The van der Waals surface area contributed by atoms with Gasteiger partial charge in [-0.15, -0.1) is 0 Å². The Bertz CT molecular complexity index is 384. The molecule has 1 unspecified atom stereocenters. The number of aromatic amines is 1. The predicted octanol–water partition coefficient (Wildman–Crippen LogP) is 1.07.